The Morgan fingerprint density at radius 3 is 2.68 bits per heavy atom. The van der Waals surface area contributed by atoms with Crippen molar-refractivity contribution < 1.29 is 4.79 Å². The first-order chi connectivity index (χ1) is 10.6. The van der Waals surface area contributed by atoms with Crippen molar-refractivity contribution in [2.45, 2.75) is 32.6 Å². The normalized spacial score (nSPS) is 10.2. The second-order valence-electron chi connectivity index (χ2n) is 5.44. The number of Topliss-reactive ketones (excluding diaryl/α,β-unsaturated/α-hetero) is 1. The van der Waals surface area contributed by atoms with Gasteiger partial charge in [-0.1, -0.05) is 37.6 Å². The molecule has 112 valence electrons. The highest BCUT2D eigenvalue weighted by Crippen LogP contribution is 2.18. The highest BCUT2D eigenvalue weighted by Gasteiger charge is 2.07. The summed E-state index contributed by atoms with van der Waals surface area (Å²) < 4.78 is 0. The molecule has 2 rings (SSSR count). The lowest BCUT2D eigenvalue weighted by molar-refractivity contribution is 0.0979. The number of rotatable bonds is 6. The summed E-state index contributed by atoms with van der Waals surface area (Å²) in [6.45, 7) is 2.08. The van der Waals surface area contributed by atoms with E-state index < -0.39 is 0 Å². The predicted molar refractivity (Wildman–Crippen MR) is 88.7 cm³/mol. The van der Waals surface area contributed by atoms with Crippen LogP contribution in [-0.2, 0) is 6.42 Å². The number of ketones is 1. The Hall–Kier alpha value is -2.60. The monoisotopic (exact) mass is 292 g/mol. The number of nitriles is 1. The number of unbranched alkanes of at least 4 members (excludes halogenated alkanes) is 1. The topological polar surface area (TPSA) is 66.9 Å². The van der Waals surface area contributed by atoms with Gasteiger partial charge in [0.2, 0.25) is 0 Å². The Kier molecular flexibility index (Phi) is 5.32. The van der Waals surface area contributed by atoms with Crippen molar-refractivity contribution in [3.8, 4) is 6.07 Å². The molecular weight excluding hydrogens is 272 g/mol. The number of benzene rings is 2. The molecule has 22 heavy (non-hydrogen) atoms. The smallest absolute Gasteiger partial charge is 0.162 e. The third-order valence-electron chi connectivity index (χ3n) is 3.65. The average molecular weight is 292 g/mol. The Balaban J connectivity index is 2.17. The number of carbonyl (C=O) groups excluding carboxylic acids is 1. The molecule has 0 heterocycles. The molecular formula is C19H20N2O. The van der Waals surface area contributed by atoms with Gasteiger partial charge in [-0.3, -0.25) is 4.79 Å². The van der Waals surface area contributed by atoms with E-state index in [9.17, 15) is 4.79 Å². The Labute approximate surface area is 131 Å². The number of anilines is 1. The van der Waals surface area contributed by atoms with E-state index in [1.807, 2.05) is 30.3 Å². The van der Waals surface area contributed by atoms with Crippen molar-refractivity contribution in [2.24, 2.45) is 0 Å². The molecule has 0 atom stereocenters. The van der Waals surface area contributed by atoms with Crippen LogP contribution in [0.3, 0.4) is 0 Å². The second-order valence-corrected chi connectivity index (χ2v) is 5.44. The molecule has 0 fully saturated rings. The summed E-state index contributed by atoms with van der Waals surface area (Å²) in [7, 11) is 0. The van der Waals surface area contributed by atoms with E-state index in [-0.39, 0.29) is 5.78 Å². The van der Waals surface area contributed by atoms with E-state index in [4.69, 9.17) is 11.0 Å². The zero-order valence-electron chi connectivity index (χ0n) is 12.8. The highest BCUT2D eigenvalue weighted by atomic mass is 16.1. The van der Waals surface area contributed by atoms with Crippen molar-refractivity contribution in [3.05, 3.63) is 64.7 Å². The maximum Gasteiger partial charge on any atom is 0.162 e. The van der Waals surface area contributed by atoms with Crippen LogP contribution in [0.15, 0.2) is 42.5 Å². The molecule has 0 saturated carbocycles. The van der Waals surface area contributed by atoms with E-state index in [1.54, 1.807) is 12.1 Å². The van der Waals surface area contributed by atoms with Crippen molar-refractivity contribution in [3.63, 3.8) is 0 Å². The van der Waals surface area contributed by atoms with Crippen LogP contribution in [0, 0.1) is 11.3 Å². The van der Waals surface area contributed by atoms with Crippen molar-refractivity contribution >= 4 is 11.5 Å². The van der Waals surface area contributed by atoms with Crippen LogP contribution in [0.2, 0.25) is 0 Å². The molecule has 0 aliphatic rings. The maximum absolute atomic E-state index is 12.1. The lowest BCUT2D eigenvalue weighted by Gasteiger charge is -2.06. The third-order valence-corrected chi connectivity index (χ3v) is 3.65. The van der Waals surface area contributed by atoms with Gasteiger partial charge < -0.3 is 5.73 Å². The molecule has 0 unspecified atom stereocenters. The molecule has 0 saturated heterocycles. The summed E-state index contributed by atoms with van der Waals surface area (Å²) in [5, 5.41) is 9.03. The van der Waals surface area contributed by atoms with Crippen LogP contribution in [0.1, 0.15) is 53.2 Å². The fourth-order valence-electron chi connectivity index (χ4n) is 2.38. The van der Waals surface area contributed by atoms with Crippen LogP contribution in [0.25, 0.3) is 0 Å². The minimum Gasteiger partial charge on any atom is -0.398 e. The van der Waals surface area contributed by atoms with Gasteiger partial charge in [-0.2, -0.15) is 5.26 Å². The van der Waals surface area contributed by atoms with E-state index in [2.05, 4.69) is 13.0 Å². The summed E-state index contributed by atoms with van der Waals surface area (Å²) in [5.41, 5.74) is 9.57. The van der Waals surface area contributed by atoms with Gasteiger partial charge >= 0.3 is 0 Å². The molecule has 0 amide bonds. The summed E-state index contributed by atoms with van der Waals surface area (Å²) in [4.78, 5) is 12.1. The molecule has 0 radical (unpaired) electrons. The van der Waals surface area contributed by atoms with Gasteiger partial charge in [0.25, 0.3) is 0 Å². The SMILES string of the molecule is CCCCC(=O)c1cccc(Cc2ccc(N)c(C#N)c2)c1. The minimum absolute atomic E-state index is 0.193. The van der Waals surface area contributed by atoms with Crippen molar-refractivity contribution in [1.29, 1.82) is 5.26 Å². The predicted octanol–water partition coefficient (Wildman–Crippen LogP) is 4.10. The third kappa shape index (κ3) is 3.95. The van der Waals surface area contributed by atoms with Gasteiger partial charge in [0.15, 0.2) is 5.78 Å². The molecule has 0 aromatic heterocycles. The molecule has 2 aromatic carbocycles. The fourth-order valence-corrected chi connectivity index (χ4v) is 2.38. The molecule has 2 N–H and O–H groups in total. The highest BCUT2D eigenvalue weighted by molar-refractivity contribution is 5.96. The van der Waals surface area contributed by atoms with Crippen LogP contribution in [-0.4, -0.2) is 5.78 Å². The van der Waals surface area contributed by atoms with Gasteiger partial charge in [0, 0.05) is 17.7 Å². The maximum atomic E-state index is 12.1. The Bertz CT molecular complexity index is 714. The van der Waals surface area contributed by atoms with Gasteiger partial charge in [0.1, 0.15) is 6.07 Å². The number of nitrogens with zero attached hydrogens (tertiary/aromatic N) is 1. The van der Waals surface area contributed by atoms with E-state index in [0.717, 1.165) is 29.5 Å². The van der Waals surface area contributed by atoms with Crippen LogP contribution in [0.5, 0.6) is 0 Å². The minimum atomic E-state index is 0.193. The average Bonchev–Trinajstić information content (AvgIpc) is 2.54. The van der Waals surface area contributed by atoms with Crippen LogP contribution < -0.4 is 5.73 Å². The number of carbonyl (C=O) groups is 1. The van der Waals surface area contributed by atoms with Gasteiger partial charge in [-0.05, 0) is 42.2 Å². The molecule has 3 heteroatoms. The van der Waals surface area contributed by atoms with E-state index in [0.29, 0.717) is 24.1 Å². The molecule has 2 aromatic rings. The van der Waals surface area contributed by atoms with Crippen molar-refractivity contribution in [2.75, 3.05) is 5.73 Å². The molecule has 0 bridgehead atoms. The first-order valence-corrected chi connectivity index (χ1v) is 7.54. The quantitative estimate of drug-likeness (QED) is 0.643. The zero-order chi connectivity index (χ0) is 15.9. The summed E-state index contributed by atoms with van der Waals surface area (Å²) >= 11 is 0. The first-order valence-electron chi connectivity index (χ1n) is 7.54. The molecule has 0 aliphatic carbocycles. The lowest BCUT2D eigenvalue weighted by Crippen LogP contribution is -2.00. The summed E-state index contributed by atoms with van der Waals surface area (Å²) in [6.07, 6.45) is 3.23. The molecule has 0 spiro atoms. The number of hydrogen-bond acceptors (Lipinski definition) is 3. The summed E-state index contributed by atoms with van der Waals surface area (Å²) in [6, 6.07) is 15.3. The van der Waals surface area contributed by atoms with Gasteiger partial charge in [0.05, 0.1) is 5.56 Å². The van der Waals surface area contributed by atoms with Crippen LogP contribution in [0.4, 0.5) is 5.69 Å². The van der Waals surface area contributed by atoms with E-state index in [1.165, 1.54) is 0 Å². The zero-order valence-corrected chi connectivity index (χ0v) is 12.8. The second kappa shape index (κ2) is 7.42. The number of hydrogen-bond donors (Lipinski definition) is 1. The Morgan fingerprint density at radius 1 is 1.18 bits per heavy atom. The Morgan fingerprint density at radius 2 is 1.95 bits per heavy atom. The largest absolute Gasteiger partial charge is 0.398 e. The standard InChI is InChI=1S/C19H20N2O/c1-2-3-7-19(22)16-6-4-5-14(11-16)10-15-8-9-18(21)17(12-15)13-20/h4-6,8-9,11-12H,2-3,7,10,21H2,1H3. The first kappa shape index (κ1) is 15.8. The van der Waals surface area contributed by atoms with E-state index >= 15 is 0 Å². The van der Waals surface area contributed by atoms with Crippen LogP contribution >= 0.6 is 0 Å². The van der Waals surface area contributed by atoms with Gasteiger partial charge in [-0.15, -0.1) is 0 Å². The number of nitrogen functional groups attached to an aromatic ring is 1. The fraction of sp³-hybridized carbons (Fsp3) is 0.263. The summed E-state index contributed by atoms with van der Waals surface area (Å²) in [5.74, 6) is 0.193. The lowest BCUT2D eigenvalue weighted by atomic mass is 9.98. The van der Waals surface area contributed by atoms with Gasteiger partial charge in [-0.25, -0.2) is 0 Å². The molecule has 0 aliphatic heterocycles. The number of nitrogens with two attached hydrogens (primary N) is 1. The van der Waals surface area contributed by atoms with Crippen molar-refractivity contribution in [1.82, 2.24) is 0 Å². The molecule has 3 nitrogen and oxygen atoms in total.